The second-order valence-electron chi connectivity index (χ2n) is 6.89. The van der Waals surface area contributed by atoms with E-state index >= 15 is 0 Å². The summed E-state index contributed by atoms with van der Waals surface area (Å²) in [5, 5.41) is 10.3. The zero-order valence-corrected chi connectivity index (χ0v) is 14.2. The minimum absolute atomic E-state index is 0.0229. The van der Waals surface area contributed by atoms with Crippen LogP contribution < -0.4 is 4.74 Å². The largest absolute Gasteiger partial charge is 0.488 e. The molecule has 0 radical (unpaired) electrons. The standard InChI is InChI=1S/C19H21FO6/c20-12-1-3-13(4-2-12)23-11-19(24-7-8-25-19)6-5-14-15-9-18(22)26-17(15)10-16(14)21/h1-6,14-17,21H,7-11H2/b6-5+/t14-,15-,16-,17+/m1/s1. The van der Waals surface area contributed by atoms with E-state index in [4.69, 9.17) is 18.9 Å². The summed E-state index contributed by atoms with van der Waals surface area (Å²) in [6.45, 7) is 0.956. The van der Waals surface area contributed by atoms with Crippen LogP contribution >= 0.6 is 0 Å². The number of rotatable bonds is 5. The van der Waals surface area contributed by atoms with E-state index < -0.39 is 11.9 Å². The van der Waals surface area contributed by atoms with Gasteiger partial charge in [-0.15, -0.1) is 0 Å². The van der Waals surface area contributed by atoms with Gasteiger partial charge >= 0.3 is 5.97 Å². The zero-order chi connectivity index (χ0) is 18.1. The van der Waals surface area contributed by atoms with E-state index in [1.807, 2.05) is 6.08 Å². The highest BCUT2D eigenvalue weighted by atomic mass is 19.1. The minimum atomic E-state index is -1.06. The summed E-state index contributed by atoms with van der Waals surface area (Å²) in [5.74, 6) is -1.32. The number of carbonyl (C=O) groups is 1. The van der Waals surface area contributed by atoms with Crippen molar-refractivity contribution >= 4 is 5.97 Å². The van der Waals surface area contributed by atoms with E-state index in [9.17, 15) is 14.3 Å². The SMILES string of the molecule is O=C1C[C@@H]2[C@@H](/C=C/C3(COc4ccc(F)cc4)OCCO3)[C@H](O)C[C@@H]2O1. The van der Waals surface area contributed by atoms with Crippen molar-refractivity contribution in [1.82, 2.24) is 0 Å². The Morgan fingerprint density at radius 1 is 1.27 bits per heavy atom. The molecule has 3 aliphatic rings. The van der Waals surface area contributed by atoms with Crippen molar-refractivity contribution in [2.24, 2.45) is 11.8 Å². The van der Waals surface area contributed by atoms with E-state index in [0.717, 1.165) is 0 Å². The quantitative estimate of drug-likeness (QED) is 0.635. The summed E-state index contributed by atoms with van der Waals surface area (Å²) in [6, 6.07) is 5.71. The lowest BCUT2D eigenvalue weighted by Crippen LogP contribution is -2.35. The van der Waals surface area contributed by atoms with Crippen LogP contribution in [0.3, 0.4) is 0 Å². The predicted molar refractivity (Wildman–Crippen MR) is 87.8 cm³/mol. The first-order valence-corrected chi connectivity index (χ1v) is 8.78. The number of benzene rings is 1. The van der Waals surface area contributed by atoms with Crippen LogP contribution in [-0.2, 0) is 19.0 Å². The topological polar surface area (TPSA) is 74.2 Å². The predicted octanol–water partition coefficient (Wildman–Crippen LogP) is 1.82. The molecular formula is C19H21FO6. The summed E-state index contributed by atoms with van der Waals surface area (Å²) < 4.78 is 35.4. The lowest BCUT2D eigenvalue weighted by Gasteiger charge is -2.25. The first-order valence-electron chi connectivity index (χ1n) is 8.78. The summed E-state index contributed by atoms with van der Waals surface area (Å²) in [6.07, 6.45) is 3.58. The molecule has 1 aromatic rings. The molecule has 1 aliphatic carbocycles. The molecule has 140 valence electrons. The average Bonchev–Trinajstić information content (AvgIpc) is 3.28. The fourth-order valence-corrected chi connectivity index (χ4v) is 3.86. The van der Waals surface area contributed by atoms with Gasteiger partial charge in [0.15, 0.2) is 0 Å². The van der Waals surface area contributed by atoms with E-state index in [1.165, 1.54) is 24.3 Å². The van der Waals surface area contributed by atoms with E-state index in [0.29, 0.717) is 31.8 Å². The molecule has 1 N–H and O–H groups in total. The highest BCUT2D eigenvalue weighted by Gasteiger charge is 2.49. The number of ether oxygens (including phenoxy) is 4. The van der Waals surface area contributed by atoms with Crippen LogP contribution in [0.5, 0.6) is 5.75 Å². The third-order valence-electron chi connectivity index (χ3n) is 5.18. The second kappa shape index (κ2) is 6.98. The highest BCUT2D eigenvalue weighted by molar-refractivity contribution is 5.72. The second-order valence-corrected chi connectivity index (χ2v) is 6.89. The van der Waals surface area contributed by atoms with Gasteiger partial charge in [-0.05, 0) is 30.3 Å². The van der Waals surface area contributed by atoms with E-state index in [1.54, 1.807) is 6.08 Å². The van der Waals surface area contributed by atoms with Crippen LogP contribution in [0.15, 0.2) is 36.4 Å². The van der Waals surface area contributed by atoms with Crippen molar-refractivity contribution < 1.29 is 33.2 Å². The van der Waals surface area contributed by atoms with Gasteiger partial charge in [0.05, 0.1) is 25.7 Å². The average molecular weight is 364 g/mol. The molecule has 4 atom stereocenters. The van der Waals surface area contributed by atoms with Crippen LogP contribution in [0.2, 0.25) is 0 Å². The Labute approximate surface area is 150 Å². The van der Waals surface area contributed by atoms with Crippen LogP contribution in [0, 0.1) is 17.7 Å². The van der Waals surface area contributed by atoms with Gasteiger partial charge in [0.2, 0.25) is 5.79 Å². The van der Waals surface area contributed by atoms with Gasteiger partial charge in [0, 0.05) is 18.3 Å². The third-order valence-corrected chi connectivity index (χ3v) is 5.18. The molecule has 0 amide bonds. The van der Waals surface area contributed by atoms with Gasteiger partial charge in [-0.25, -0.2) is 4.39 Å². The number of esters is 1. The monoisotopic (exact) mass is 364 g/mol. The molecule has 2 aliphatic heterocycles. The number of aliphatic hydroxyl groups excluding tert-OH is 1. The Morgan fingerprint density at radius 3 is 2.73 bits per heavy atom. The molecule has 7 heteroatoms. The lowest BCUT2D eigenvalue weighted by atomic mass is 9.91. The molecular weight excluding hydrogens is 343 g/mol. The molecule has 2 heterocycles. The fraction of sp³-hybridized carbons (Fsp3) is 0.526. The maximum absolute atomic E-state index is 13.0. The van der Waals surface area contributed by atoms with Gasteiger partial charge < -0.3 is 24.1 Å². The molecule has 6 nitrogen and oxygen atoms in total. The Kier molecular flexibility index (Phi) is 4.69. The zero-order valence-electron chi connectivity index (χ0n) is 14.2. The fourth-order valence-electron chi connectivity index (χ4n) is 3.86. The van der Waals surface area contributed by atoms with Crippen LogP contribution in [0.25, 0.3) is 0 Å². The molecule has 0 spiro atoms. The summed E-state index contributed by atoms with van der Waals surface area (Å²) in [5.41, 5.74) is 0. The number of fused-ring (bicyclic) bond motifs is 1. The van der Waals surface area contributed by atoms with Crippen LogP contribution in [0.4, 0.5) is 4.39 Å². The van der Waals surface area contributed by atoms with Crippen molar-refractivity contribution in [3.63, 3.8) is 0 Å². The lowest BCUT2D eigenvalue weighted by molar-refractivity contribution is -0.141. The molecule has 0 aromatic heterocycles. The maximum Gasteiger partial charge on any atom is 0.306 e. The van der Waals surface area contributed by atoms with E-state index in [-0.39, 0.29) is 36.3 Å². The van der Waals surface area contributed by atoms with Crippen molar-refractivity contribution in [2.45, 2.75) is 30.8 Å². The summed E-state index contributed by atoms with van der Waals surface area (Å²) >= 11 is 0. The summed E-state index contributed by atoms with van der Waals surface area (Å²) in [4.78, 5) is 11.5. The number of aliphatic hydroxyl groups is 1. The Morgan fingerprint density at radius 2 is 2.00 bits per heavy atom. The maximum atomic E-state index is 13.0. The molecule has 2 saturated heterocycles. The normalized spacial score (nSPS) is 32.8. The van der Waals surface area contributed by atoms with Crippen molar-refractivity contribution in [1.29, 1.82) is 0 Å². The minimum Gasteiger partial charge on any atom is -0.488 e. The first-order chi connectivity index (χ1) is 12.5. The smallest absolute Gasteiger partial charge is 0.306 e. The van der Waals surface area contributed by atoms with Gasteiger partial charge in [-0.2, -0.15) is 0 Å². The molecule has 0 bridgehead atoms. The van der Waals surface area contributed by atoms with Crippen molar-refractivity contribution in [3.05, 3.63) is 42.2 Å². The molecule has 3 fully saturated rings. The Bertz CT molecular complexity index is 682. The van der Waals surface area contributed by atoms with Gasteiger partial charge in [-0.3, -0.25) is 4.79 Å². The van der Waals surface area contributed by atoms with Gasteiger partial charge in [0.1, 0.15) is 24.3 Å². The first kappa shape index (κ1) is 17.5. The van der Waals surface area contributed by atoms with Crippen LogP contribution in [-0.4, -0.2) is 48.9 Å². The molecule has 1 saturated carbocycles. The molecule has 4 rings (SSSR count). The molecule has 26 heavy (non-hydrogen) atoms. The van der Waals surface area contributed by atoms with E-state index in [2.05, 4.69) is 0 Å². The number of halogens is 1. The Hall–Kier alpha value is -1.96. The highest BCUT2D eigenvalue weighted by Crippen LogP contribution is 2.42. The third kappa shape index (κ3) is 3.47. The summed E-state index contributed by atoms with van der Waals surface area (Å²) in [7, 11) is 0. The number of carbonyl (C=O) groups excluding carboxylic acids is 1. The molecule has 0 unspecified atom stereocenters. The van der Waals surface area contributed by atoms with Gasteiger partial charge in [-0.1, -0.05) is 6.08 Å². The van der Waals surface area contributed by atoms with Crippen molar-refractivity contribution in [2.75, 3.05) is 19.8 Å². The molecule has 1 aromatic carbocycles. The van der Waals surface area contributed by atoms with Crippen molar-refractivity contribution in [3.8, 4) is 5.75 Å². The van der Waals surface area contributed by atoms with Gasteiger partial charge in [0.25, 0.3) is 0 Å². The van der Waals surface area contributed by atoms with Crippen LogP contribution in [0.1, 0.15) is 12.8 Å². The number of hydrogen-bond acceptors (Lipinski definition) is 6. The number of hydrogen-bond donors (Lipinski definition) is 1. The Balaban J connectivity index is 1.45.